The number of allylic oxidation sites excluding steroid dienone is 2. The van der Waals surface area contributed by atoms with E-state index in [-0.39, 0.29) is 17.3 Å². The molecule has 0 radical (unpaired) electrons. The lowest BCUT2D eigenvalue weighted by Crippen LogP contribution is -2.50. The summed E-state index contributed by atoms with van der Waals surface area (Å²) in [7, 11) is 1.65. The van der Waals surface area contributed by atoms with Crippen molar-refractivity contribution in [3.05, 3.63) is 58.7 Å². The molecule has 0 amide bonds. The highest BCUT2D eigenvalue weighted by molar-refractivity contribution is 8.00. The van der Waals surface area contributed by atoms with Crippen molar-refractivity contribution >= 4 is 17.7 Å². The first-order valence-electron chi connectivity index (χ1n) is 10.1. The van der Waals surface area contributed by atoms with Crippen LogP contribution in [-0.2, 0) is 20.8 Å². The van der Waals surface area contributed by atoms with Gasteiger partial charge in [-0.1, -0.05) is 19.1 Å². The van der Waals surface area contributed by atoms with Crippen molar-refractivity contribution in [1.82, 2.24) is 9.80 Å². The molecule has 1 aromatic rings. The minimum absolute atomic E-state index is 0.0527. The monoisotopic (exact) mass is 436 g/mol. The first-order chi connectivity index (χ1) is 14.4. The SMILES string of the molecule is CCSC1C(C(=O)O)=C(C)C=C(N2CCO[C@H](COC)C2)N1Cc1cccc(F)c1. The summed E-state index contributed by atoms with van der Waals surface area (Å²) in [6.07, 6.45) is 1.88. The molecule has 0 spiro atoms. The fourth-order valence-electron chi connectivity index (χ4n) is 3.91. The van der Waals surface area contributed by atoms with Gasteiger partial charge < -0.3 is 24.4 Å². The summed E-state index contributed by atoms with van der Waals surface area (Å²) in [5, 5.41) is 9.54. The number of rotatable bonds is 8. The van der Waals surface area contributed by atoms with Gasteiger partial charge in [0.05, 0.1) is 24.9 Å². The standard InChI is InChI=1S/C22H29FN2O4S/c1-4-30-21-20(22(26)27)15(2)10-19(24-8-9-29-18(13-24)14-28-3)25(21)12-16-6-5-7-17(23)11-16/h5-7,10-11,18,21H,4,8-9,12-14H2,1-3H3,(H,26,27)/t18-,21?/m0/s1. The largest absolute Gasteiger partial charge is 0.478 e. The number of ether oxygens (including phenoxy) is 2. The summed E-state index contributed by atoms with van der Waals surface area (Å²) in [5.74, 6) is 0.484. The molecular formula is C22H29FN2O4S. The highest BCUT2D eigenvalue weighted by Gasteiger charge is 2.36. The molecule has 1 fully saturated rings. The predicted molar refractivity (Wildman–Crippen MR) is 115 cm³/mol. The second kappa shape index (κ2) is 10.3. The van der Waals surface area contributed by atoms with E-state index in [0.717, 1.165) is 22.7 Å². The van der Waals surface area contributed by atoms with E-state index in [1.54, 1.807) is 24.9 Å². The molecule has 3 rings (SSSR count). The molecule has 2 aliphatic heterocycles. The molecule has 6 nitrogen and oxygen atoms in total. The summed E-state index contributed by atoms with van der Waals surface area (Å²) >= 11 is 1.57. The normalized spacial score (nSPS) is 22.3. The van der Waals surface area contributed by atoms with Gasteiger partial charge in [0, 0.05) is 26.7 Å². The Hall–Kier alpha value is -2.03. The zero-order valence-electron chi connectivity index (χ0n) is 17.6. The minimum Gasteiger partial charge on any atom is -0.478 e. The zero-order valence-corrected chi connectivity index (χ0v) is 18.5. The Labute approximate surface area is 181 Å². The van der Waals surface area contributed by atoms with Gasteiger partial charge in [0.25, 0.3) is 0 Å². The molecule has 0 aliphatic carbocycles. The van der Waals surface area contributed by atoms with Crippen LogP contribution < -0.4 is 0 Å². The smallest absolute Gasteiger partial charge is 0.334 e. The van der Waals surface area contributed by atoms with Crippen LogP contribution in [0.2, 0.25) is 0 Å². The molecular weight excluding hydrogens is 407 g/mol. The summed E-state index contributed by atoms with van der Waals surface area (Å²) in [6, 6.07) is 6.47. The number of hydrogen-bond donors (Lipinski definition) is 1. The van der Waals surface area contributed by atoms with Crippen LogP contribution in [0.3, 0.4) is 0 Å². The van der Waals surface area contributed by atoms with Crippen molar-refractivity contribution in [3.8, 4) is 0 Å². The van der Waals surface area contributed by atoms with E-state index in [4.69, 9.17) is 9.47 Å². The number of methoxy groups -OCH3 is 1. The molecule has 2 heterocycles. The Morgan fingerprint density at radius 2 is 2.23 bits per heavy atom. The minimum atomic E-state index is -0.919. The number of carboxylic acids is 1. The maximum absolute atomic E-state index is 13.8. The number of nitrogens with zero attached hydrogens (tertiary/aromatic N) is 2. The Morgan fingerprint density at radius 1 is 1.43 bits per heavy atom. The maximum Gasteiger partial charge on any atom is 0.334 e. The van der Waals surface area contributed by atoms with Crippen LogP contribution in [0.4, 0.5) is 4.39 Å². The Kier molecular flexibility index (Phi) is 7.80. The lowest BCUT2D eigenvalue weighted by molar-refractivity contribution is -0.133. The molecule has 0 saturated carbocycles. The van der Waals surface area contributed by atoms with Gasteiger partial charge in [0.1, 0.15) is 17.0 Å². The third-order valence-electron chi connectivity index (χ3n) is 5.21. The van der Waals surface area contributed by atoms with E-state index < -0.39 is 5.97 Å². The molecule has 30 heavy (non-hydrogen) atoms. The molecule has 164 valence electrons. The topological polar surface area (TPSA) is 62.2 Å². The first kappa shape index (κ1) is 22.7. The van der Waals surface area contributed by atoms with E-state index in [1.807, 2.05) is 26.0 Å². The molecule has 1 saturated heterocycles. The maximum atomic E-state index is 13.8. The van der Waals surface area contributed by atoms with Gasteiger partial charge in [-0.15, -0.1) is 11.8 Å². The number of morpholine rings is 1. The molecule has 1 aromatic carbocycles. The van der Waals surface area contributed by atoms with Crippen molar-refractivity contribution in [3.63, 3.8) is 0 Å². The fourth-order valence-corrected chi connectivity index (χ4v) is 5.05. The number of hydrogen-bond acceptors (Lipinski definition) is 6. The van der Waals surface area contributed by atoms with Crippen molar-refractivity contribution in [2.75, 3.05) is 39.2 Å². The van der Waals surface area contributed by atoms with Crippen LogP contribution in [0.5, 0.6) is 0 Å². The van der Waals surface area contributed by atoms with Gasteiger partial charge in [-0.25, -0.2) is 9.18 Å². The van der Waals surface area contributed by atoms with E-state index in [2.05, 4.69) is 9.80 Å². The predicted octanol–water partition coefficient (Wildman–Crippen LogP) is 3.31. The van der Waals surface area contributed by atoms with E-state index in [0.29, 0.717) is 38.4 Å². The van der Waals surface area contributed by atoms with E-state index in [9.17, 15) is 14.3 Å². The number of carboxylic acid groups (broad SMARTS) is 1. The van der Waals surface area contributed by atoms with Gasteiger partial charge in [0.15, 0.2) is 0 Å². The average molecular weight is 437 g/mol. The van der Waals surface area contributed by atoms with Crippen LogP contribution in [0, 0.1) is 5.82 Å². The van der Waals surface area contributed by atoms with Gasteiger partial charge >= 0.3 is 5.97 Å². The number of carbonyl (C=O) groups is 1. The molecule has 1 unspecified atom stereocenters. The summed E-state index contributed by atoms with van der Waals surface area (Å²) in [6.45, 7) is 6.69. The quantitative estimate of drug-likeness (QED) is 0.671. The third-order valence-corrected chi connectivity index (χ3v) is 6.35. The molecule has 2 atom stereocenters. The zero-order chi connectivity index (χ0) is 21.7. The third kappa shape index (κ3) is 5.17. The van der Waals surface area contributed by atoms with Crippen molar-refractivity contribution < 1.29 is 23.8 Å². The number of halogens is 1. The van der Waals surface area contributed by atoms with Gasteiger partial charge in [-0.2, -0.15) is 0 Å². The second-order valence-corrected chi connectivity index (χ2v) is 8.72. The lowest BCUT2D eigenvalue weighted by atomic mass is 10.0. The van der Waals surface area contributed by atoms with Crippen LogP contribution in [0.25, 0.3) is 0 Å². The number of aliphatic carboxylic acids is 1. The Bertz CT molecular complexity index is 827. The van der Waals surface area contributed by atoms with E-state index >= 15 is 0 Å². The Morgan fingerprint density at radius 3 is 2.90 bits per heavy atom. The highest BCUT2D eigenvalue weighted by atomic mass is 32.2. The average Bonchev–Trinajstić information content (AvgIpc) is 2.70. The first-order valence-corrected chi connectivity index (χ1v) is 11.1. The van der Waals surface area contributed by atoms with Gasteiger partial charge in [-0.3, -0.25) is 0 Å². The number of thioether (sulfide) groups is 1. The van der Waals surface area contributed by atoms with Crippen molar-refractivity contribution in [2.24, 2.45) is 0 Å². The van der Waals surface area contributed by atoms with Crippen molar-refractivity contribution in [1.29, 1.82) is 0 Å². The van der Waals surface area contributed by atoms with Gasteiger partial charge in [-0.05, 0) is 42.0 Å². The fraction of sp³-hybridized carbons (Fsp3) is 0.500. The molecule has 1 N–H and O–H groups in total. The lowest BCUT2D eigenvalue weighted by Gasteiger charge is -2.45. The molecule has 0 aromatic heterocycles. The van der Waals surface area contributed by atoms with Crippen molar-refractivity contribution in [2.45, 2.75) is 31.9 Å². The van der Waals surface area contributed by atoms with Crippen LogP contribution in [0.1, 0.15) is 19.4 Å². The van der Waals surface area contributed by atoms with E-state index in [1.165, 1.54) is 12.1 Å². The van der Waals surface area contributed by atoms with Crippen LogP contribution >= 0.6 is 11.8 Å². The molecule has 2 aliphatic rings. The summed E-state index contributed by atoms with van der Waals surface area (Å²) < 4.78 is 24.9. The Balaban J connectivity index is 2.00. The summed E-state index contributed by atoms with van der Waals surface area (Å²) in [4.78, 5) is 16.4. The second-order valence-electron chi connectivity index (χ2n) is 7.36. The number of benzene rings is 1. The highest BCUT2D eigenvalue weighted by Crippen LogP contribution is 2.36. The summed E-state index contributed by atoms with van der Waals surface area (Å²) in [5.41, 5.74) is 1.92. The van der Waals surface area contributed by atoms with Gasteiger partial charge in [0.2, 0.25) is 0 Å². The molecule has 0 bridgehead atoms. The van der Waals surface area contributed by atoms with Crippen LogP contribution in [-0.4, -0.2) is 71.5 Å². The van der Waals surface area contributed by atoms with Crippen LogP contribution in [0.15, 0.2) is 47.3 Å². The molecule has 8 heteroatoms.